The van der Waals surface area contributed by atoms with Crippen molar-refractivity contribution in [2.45, 2.75) is 44.7 Å². The van der Waals surface area contributed by atoms with Gasteiger partial charge in [0.05, 0.1) is 11.6 Å². The summed E-state index contributed by atoms with van der Waals surface area (Å²) in [4.78, 5) is 16.4. The average molecular weight is 344 g/mol. The molecule has 1 aromatic rings. The second-order valence-corrected chi connectivity index (χ2v) is 7.45. The van der Waals surface area contributed by atoms with Gasteiger partial charge < -0.3 is 5.32 Å². The first-order valence-electron chi connectivity index (χ1n) is 7.30. The highest BCUT2D eigenvalue weighted by atomic mass is 32.2. The van der Waals surface area contributed by atoms with Crippen molar-refractivity contribution in [2.24, 2.45) is 10.9 Å². The zero-order valence-corrected chi connectivity index (χ0v) is 14.2. The van der Waals surface area contributed by atoms with Crippen LogP contribution in [0.5, 0.6) is 0 Å². The molecule has 0 spiro atoms. The molecule has 0 bridgehead atoms. The number of benzene rings is 1. The van der Waals surface area contributed by atoms with Gasteiger partial charge in [0.1, 0.15) is 4.75 Å². The molecule has 1 saturated heterocycles. The van der Waals surface area contributed by atoms with Crippen LogP contribution in [-0.2, 0) is 11.0 Å². The minimum absolute atomic E-state index is 0.0815. The van der Waals surface area contributed by atoms with Crippen LogP contribution in [0.25, 0.3) is 0 Å². The molecular weight excluding hydrogens is 325 g/mol. The number of carbonyl (C=O) groups excluding carboxylic acids is 1. The van der Waals surface area contributed by atoms with Crippen LogP contribution in [0, 0.1) is 5.92 Å². The molecule has 1 aliphatic rings. The lowest BCUT2D eigenvalue weighted by Gasteiger charge is -2.22. The lowest BCUT2D eigenvalue weighted by atomic mass is 9.96. The van der Waals surface area contributed by atoms with E-state index in [1.807, 2.05) is 20.8 Å². The molecular formula is C16H19F3N2OS. The zero-order valence-electron chi connectivity index (χ0n) is 13.4. The number of aliphatic imine (C=N–C) groups is 1. The van der Waals surface area contributed by atoms with Gasteiger partial charge in [-0.2, -0.15) is 13.2 Å². The first kappa shape index (κ1) is 17.8. The van der Waals surface area contributed by atoms with Crippen molar-refractivity contribution in [3.63, 3.8) is 0 Å². The van der Waals surface area contributed by atoms with E-state index in [9.17, 15) is 18.0 Å². The van der Waals surface area contributed by atoms with E-state index in [1.54, 1.807) is 13.0 Å². The van der Waals surface area contributed by atoms with Crippen LogP contribution < -0.4 is 5.32 Å². The summed E-state index contributed by atoms with van der Waals surface area (Å²) in [5.74, 6) is -0.0782. The number of carbonyl (C=O) groups is 1. The quantitative estimate of drug-likeness (QED) is 0.883. The van der Waals surface area contributed by atoms with Gasteiger partial charge in [-0.1, -0.05) is 43.8 Å². The predicted molar refractivity (Wildman–Crippen MR) is 86.3 cm³/mol. The third-order valence-corrected chi connectivity index (χ3v) is 5.59. The van der Waals surface area contributed by atoms with Crippen molar-refractivity contribution >= 4 is 22.8 Å². The summed E-state index contributed by atoms with van der Waals surface area (Å²) in [6.45, 7) is 7.26. The SMILES string of the molecule is CC(C)C1(C)SC(=N[C@H](C)c2ccccc2C(F)(F)F)NC1=O. The monoisotopic (exact) mass is 344 g/mol. The van der Waals surface area contributed by atoms with E-state index in [0.717, 1.165) is 6.07 Å². The third kappa shape index (κ3) is 3.54. The van der Waals surface area contributed by atoms with Crippen molar-refractivity contribution in [2.75, 3.05) is 0 Å². The van der Waals surface area contributed by atoms with E-state index < -0.39 is 22.5 Å². The van der Waals surface area contributed by atoms with Gasteiger partial charge in [0, 0.05) is 0 Å². The number of hydrogen-bond acceptors (Lipinski definition) is 3. The number of hydrogen-bond donors (Lipinski definition) is 1. The van der Waals surface area contributed by atoms with Crippen LogP contribution in [0.15, 0.2) is 29.3 Å². The van der Waals surface area contributed by atoms with Crippen molar-refractivity contribution in [3.8, 4) is 0 Å². The van der Waals surface area contributed by atoms with Gasteiger partial charge in [-0.15, -0.1) is 0 Å². The van der Waals surface area contributed by atoms with Gasteiger partial charge in [0.15, 0.2) is 5.17 Å². The molecule has 126 valence electrons. The van der Waals surface area contributed by atoms with Gasteiger partial charge in [-0.05, 0) is 31.4 Å². The van der Waals surface area contributed by atoms with E-state index in [0.29, 0.717) is 5.17 Å². The van der Waals surface area contributed by atoms with Crippen LogP contribution in [0.3, 0.4) is 0 Å². The number of nitrogens with one attached hydrogen (secondary N) is 1. The Bertz CT molecular complexity index is 642. The fourth-order valence-electron chi connectivity index (χ4n) is 2.30. The maximum Gasteiger partial charge on any atom is 0.416 e. The smallest absolute Gasteiger partial charge is 0.304 e. The molecule has 1 amide bonds. The standard InChI is InChI=1S/C16H19F3N2OS/c1-9(2)15(4)13(22)21-14(23-15)20-10(3)11-7-5-6-8-12(11)16(17,18)19/h5-10H,1-4H3,(H,20,21,22)/t10-,15?/m1/s1. The van der Waals surface area contributed by atoms with Crippen LogP contribution in [0.1, 0.15) is 44.9 Å². The average Bonchev–Trinajstić information content (AvgIpc) is 2.74. The Morgan fingerprint density at radius 2 is 1.83 bits per heavy atom. The minimum atomic E-state index is -4.43. The molecule has 1 N–H and O–H groups in total. The molecule has 0 radical (unpaired) electrons. The first-order valence-corrected chi connectivity index (χ1v) is 8.11. The molecule has 1 fully saturated rings. The van der Waals surface area contributed by atoms with Gasteiger partial charge in [-0.25, -0.2) is 0 Å². The summed E-state index contributed by atoms with van der Waals surface area (Å²) < 4.78 is 38.6. The van der Waals surface area contributed by atoms with E-state index in [-0.39, 0.29) is 17.4 Å². The summed E-state index contributed by atoms with van der Waals surface area (Å²) in [6.07, 6.45) is -4.43. The van der Waals surface area contributed by atoms with Gasteiger partial charge >= 0.3 is 6.18 Å². The molecule has 2 rings (SSSR count). The van der Waals surface area contributed by atoms with Crippen LogP contribution >= 0.6 is 11.8 Å². The van der Waals surface area contributed by atoms with E-state index in [1.165, 1.54) is 23.9 Å². The van der Waals surface area contributed by atoms with Gasteiger partial charge in [-0.3, -0.25) is 9.79 Å². The topological polar surface area (TPSA) is 41.5 Å². The number of thioether (sulfide) groups is 1. The Morgan fingerprint density at radius 1 is 1.22 bits per heavy atom. The Balaban J connectivity index is 2.31. The molecule has 7 heteroatoms. The molecule has 1 heterocycles. The highest BCUT2D eigenvalue weighted by molar-refractivity contribution is 8.16. The third-order valence-electron chi connectivity index (χ3n) is 4.11. The highest BCUT2D eigenvalue weighted by Gasteiger charge is 2.45. The van der Waals surface area contributed by atoms with Crippen molar-refractivity contribution in [1.82, 2.24) is 5.32 Å². The second kappa shape index (κ2) is 6.19. The molecule has 0 saturated carbocycles. The van der Waals surface area contributed by atoms with Gasteiger partial charge in [0.2, 0.25) is 5.91 Å². The largest absolute Gasteiger partial charge is 0.416 e. The Hall–Kier alpha value is -1.50. The summed E-state index contributed by atoms with van der Waals surface area (Å²) >= 11 is 1.27. The second-order valence-electron chi connectivity index (χ2n) is 6.01. The van der Waals surface area contributed by atoms with E-state index in [4.69, 9.17) is 0 Å². The van der Waals surface area contributed by atoms with Crippen molar-refractivity contribution in [3.05, 3.63) is 35.4 Å². The summed E-state index contributed by atoms with van der Waals surface area (Å²) in [5.41, 5.74) is -0.599. The minimum Gasteiger partial charge on any atom is -0.304 e. The normalized spacial score (nSPS) is 25.0. The molecule has 1 aliphatic heterocycles. The lowest BCUT2D eigenvalue weighted by Crippen LogP contribution is -2.38. The highest BCUT2D eigenvalue weighted by Crippen LogP contribution is 2.40. The Kier molecular flexibility index (Phi) is 4.80. The molecule has 1 unspecified atom stereocenters. The van der Waals surface area contributed by atoms with E-state index in [2.05, 4.69) is 10.3 Å². The maximum atomic E-state index is 13.1. The van der Waals surface area contributed by atoms with Crippen molar-refractivity contribution < 1.29 is 18.0 Å². The Labute approximate surface area is 137 Å². The maximum absolute atomic E-state index is 13.1. The molecule has 0 aliphatic carbocycles. The van der Waals surface area contributed by atoms with Crippen LogP contribution in [0.2, 0.25) is 0 Å². The number of nitrogens with zero attached hydrogens (tertiary/aromatic N) is 1. The molecule has 2 atom stereocenters. The molecule has 1 aromatic carbocycles. The number of rotatable bonds is 3. The number of amides is 1. The molecule has 23 heavy (non-hydrogen) atoms. The first-order chi connectivity index (χ1) is 10.6. The van der Waals surface area contributed by atoms with E-state index >= 15 is 0 Å². The number of halogens is 3. The van der Waals surface area contributed by atoms with Gasteiger partial charge in [0.25, 0.3) is 0 Å². The Morgan fingerprint density at radius 3 is 2.35 bits per heavy atom. The summed E-state index contributed by atoms with van der Waals surface area (Å²) in [5, 5.41) is 3.05. The lowest BCUT2D eigenvalue weighted by molar-refractivity contribution is -0.138. The fourth-order valence-corrected chi connectivity index (χ4v) is 3.43. The zero-order chi connectivity index (χ0) is 17.4. The van der Waals surface area contributed by atoms with Crippen LogP contribution in [0.4, 0.5) is 13.2 Å². The summed E-state index contributed by atoms with van der Waals surface area (Å²) in [6, 6.07) is 4.67. The number of amidine groups is 1. The molecule has 0 aromatic heterocycles. The number of alkyl halides is 3. The predicted octanol–water partition coefficient (Wildman–Crippen LogP) is 4.40. The molecule has 3 nitrogen and oxygen atoms in total. The fraction of sp³-hybridized carbons (Fsp3) is 0.500. The van der Waals surface area contributed by atoms with Crippen molar-refractivity contribution in [1.29, 1.82) is 0 Å². The van der Waals surface area contributed by atoms with Crippen LogP contribution in [-0.4, -0.2) is 15.8 Å². The summed E-state index contributed by atoms with van der Waals surface area (Å²) in [7, 11) is 0.